The Balaban J connectivity index is 1.59. The summed E-state index contributed by atoms with van der Waals surface area (Å²) in [6, 6.07) is 11.8. The van der Waals surface area contributed by atoms with Crippen LogP contribution in [0.4, 0.5) is 0 Å². The fourth-order valence-electron chi connectivity index (χ4n) is 9.04. The molecule has 2 aromatic carbocycles. The van der Waals surface area contributed by atoms with Gasteiger partial charge in [-0.3, -0.25) is 4.79 Å². The molecule has 1 heterocycles. The number of carbonyl (C=O) groups excluding carboxylic acids is 1. The largest absolute Gasteiger partial charge is 0.459 e. The number of nitrogens with zero attached hydrogens (tertiary/aromatic N) is 2. The third-order valence-electron chi connectivity index (χ3n) is 11.8. The molecular weight excluding hydrogens is 693 g/mol. The average Bonchev–Trinajstić information content (AvgIpc) is 4.01. The zero-order chi connectivity index (χ0) is 39.3. The van der Waals surface area contributed by atoms with Crippen molar-refractivity contribution in [1.29, 1.82) is 0 Å². The van der Waals surface area contributed by atoms with Crippen LogP contribution in [-0.4, -0.2) is 70.5 Å². The van der Waals surface area contributed by atoms with Gasteiger partial charge in [0.15, 0.2) is 0 Å². The minimum absolute atomic E-state index is 0.0106. The number of hydrogen-bond acceptors (Lipinski definition) is 8. The van der Waals surface area contributed by atoms with E-state index >= 15 is 0 Å². The van der Waals surface area contributed by atoms with E-state index in [0.29, 0.717) is 19.4 Å². The summed E-state index contributed by atoms with van der Waals surface area (Å²) in [5, 5.41) is 24.7. The second-order valence-corrected chi connectivity index (χ2v) is 17.1. The number of aliphatic hydroxyl groups is 2. The molecular formula is C46H64N2O7. The Morgan fingerprint density at radius 3 is 2.38 bits per heavy atom. The van der Waals surface area contributed by atoms with Crippen molar-refractivity contribution in [1.82, 2.24) is 4.90 Å². The Kier molecular flexibility index (Phi) is 13.1. The Labute approximate surface area is 328 Å². The minimum atomic E-state index is -1.24. The molecule has 2 N–H and O–H groups in total. The number of carbonyl (C=O) groups is 1. The summed E-state index contributed by atoms with van der Waals surface area (Å²) in [5.41, 5.74) is 4.76. The molecule has 55 heavy (non-hydrogen) atoms. The molecule has 0 spiro atoms. The molecule has 0 saturated heterocycles. The van der Waals surface area contributed by atoms with Gasteiger partial charge < -0.3 is 34.2 Å². The average molecular weight is 757 g/mol. The van der Waals surface area contributed by atoms with E-state index in [1.165, 1.54) is 5.56 Å². The van der Waals surface area contributed by atoms with Gasteiger partial charge in [-0.15, -0.1) is 6.58 Å². The lowest BCUT2D eigenvalue weighted by Crippen LogP contribution is -2.70. The third kappa shape index (κ3) is 9.00. The maximum atomic E-state index is 14.4. The summed E-state index contributed by atoms with van der Waals surface area (Å²) >= 11 is 0. The molecule has 1 aliphatic heterocycles. The van der Waals surface area contributed by atoms with Crippen molar-refractivity contribution in [2.24, 2.45) is 28.8 Å². The smallest absolute Gasteiger partial charge is 0.239 e. The zero-order valence-corrected chi connectivity index (χ0v) is 34.0. The first kappa shape index (κ1) is 41.0. The summed E-state index contributed by atoms with van der Waals surface area (Å²) < 4.78 is 21.0. The zero-order valence-electron chi connectivity index (χ0n) is 34.0. The van der Waals surface area contributed by atoms with Gasteiger partial charge in [0.2, 0.25) is 11.7 Å². The molecule has 9 nitrogen and oxygen atoms in total. The summed E-state index contributed by atoms with van der Waals surface area (Å²) in [4.78, 5) is 22.6. The Bertz CT molecular complexity index is 1720. The maximum absolute atomic E-state index is 14.4. The maximum Gasteiger partial charge on any atom is 0.239 e. The van der Waals surface area contributed by atoms with Crippen molar-refractivity contribution < 1.29 is 34.1 Å². The molecule has 2 saturated carbocycles. The predicted octanol–water partition coefficient (Wildman–Crippen LogP) is 9.18. The van der Waals surface area contributed by atoms with Crippen LogP contribution in [0.25, 0.3) is 0 Å². The molecule has 4 aliphatic rings. The van der Waals surface area contributed by atoms with Gasteiger partial charge >= 0.3 is 0 Å². The van der Waals surface area contributed by atoms with Crippen LogP contribution in [-0.2, 0) is 14.4 Å². The van der Waals surface area contributed by atoms with E-state index in [1.807, 2.05) is 43.9 Å². The number of allylic oxidation sites excluding steroid dienone is 1. The lowest BCUT2D eigenvalue weighted by atomic mass is 9.55. The first-order valence-electron chi connectivity index (χ1n) is 20.8. The second-order valence-electron chi connectivity index (χ2n) is 17.1. The minimum Gasteiger partial charge on any atom is -0.459 e. The van der Waals surface area contributed by atoms with Gasteiger partial charge in [0.05, 0.1) is 18.2 Å². The van der Waals surface area contributed by atoms with E-state index in [1.54, 1.807) is 6.08 Å². The molecule has 0 unspecified atom stereocenters. The molecule has 0 bridgehead atoms. The van der Waals surface area contributed by atoms with E-state index in [0.717, 1.165) is 91.0 Å². The van der Waals surface area contributed by atoms with E-state index in [9.17, 15) is 15.0 Å². The van der Waals surface area contributed by atoms with Crippen molar-refractivity contribution in [2.75, 3.05) is 26.4 Å². The lowest BCUT2D eigenvalue weighted by molar-refractivity contribution is -0.257. The van der Waals surface area contributed by atoms with Gasteiger partial charge in [0.1, 0.15) is 28.9 Å². The molecule has 3 aliphatic carbocycles. The van der Waals surface area contributed by atoms with Gasteiger partial charge in [0, 0.05) is 43.6 Å². The summed E-state index contributed by atoms with van der Waals surface area (Å²) in [6.07, 6.45) is 12.1. The Morgan fingerprint density at radius 1 is 1.02 bits per heavy atom. The van der Waals surface area contributed by atoms with Crippen molar-refractivity contribution in [3.05, 3.63) is 77.4 Å². The van der Waals surface area contributed by atoms with Gasteiger partial charge in [-0.25, -0.2) is 0 Å². The number of amides is 1. The van der Waals surface area contributed by atoms with Gasteiger partial charge in [0.25, 0.3) is 0 Å². The predicted molar refractivity (Wildman–Crippen MR) is 217 cm³/mol. The number of aliphatic hydroxyl groups excluding tert-OH is 2. The van der Waals surface area contributed by atoms with E-state index in [2.05, 4.69) is 51.6 Å². The summed E-state index contributed by atoms with van der Waals surface area (Å²) in [6.45, 7) is 17.4. The normalized spacial score (nSPS) is 26.4. The summed E-state index contributed by atoms with van der Waals surface area (Å²) in [5.74, 6) is 1.02. The van der Waals surface area contributed by atoms with Crippen molar-refractivity contribution >= 4 is 11.6 Å². The number of oxime groups is 1. The fourth-order valence-corrected chi connectivity index (χ4v) is 9.04. The van der Waals surface area contributed by atoms with Crippen LogP contribution in [0.1, 0.15) is 115 Å². The molecule has 0 aromatic heterocycles. The first-order chi connectivity index (χ1) is 26.4. The van der Waals surface area contributed by atoms with E-state index in [4.69, 9.17) is 24.2 Å². The highest BCUT2D eigenvalue weighted by molar-refractivity contribution is 6.03. The van der Waals surface area contributed by atoms with Crippen LogP contribution in [0, 0.1) is 37.5 Å². The van der Waals surface area contributed by atoms with Crippen LogP contribution in [0.5, 0.6) is 17.2 Å². The van der Waals surface area contributed by atoms with Gasteiger partial charge in [-0.2, -0.15) is 0 Å². The topological polar surface area (TPSA) is 110 Å². The van der Waals surface area contributed by atoms with Crippen molar-refractivity contribution in [2.45, 2.75) is 129 Å². The van der Waals surface area contributed by atoms with Crippen molar-refractivity contribution in [3.63, 3.8) is 0 Å². The van der Waals surface area contributed by atoms with E-state index in [-0.39, 0.29) is 55.3 Å². The molecule has 6 atom stereocenters. The number of aryl methyl sites for hydroxylation is 2. The molecule has 6 rings (SSSR count). The highest BCUT2D eigenvalue weighted by Crippen LogP contribution is 2.62. The third-order valence-corrected chi connectivity index (χ3v) is 11.8. The molecule has 1 amide bonds. The SMILES string of the molecule is C=CCO[C@@]12Oc3ccc(Oc4ccc(C)c(C)c4)cc3[C@H]3[C@H](CCCCO)[C@@H](CCCCO)C=C(C(=NOC(C)(C)C)C[C@@H]1N(CCC)C(=O)C1CC1)[C@H]32. The van der Waals surface area contributed by atoms with Crippen LogP contribution in [0.3, 0.4) is 0 Å². The number of unbranched alkanes of at least 4 members (excludes halogenated alkanes) is 2. The van der Waals surface area contributed by atoms with Crippen molar-refractivity contribution in [3.8, 4) is 17.2 Å². The Hall–Kier alpha value is -3.66. The van der Waals surface area contributed by atoms with Crippen LogP contribution >= 0.6 is 0 Å². The highest BCUT2D eigenvalue weighted by atomic mass is 16.7. The fraction of sp³-hybridized carbons (Fsp3) is 0.609. The molecule has 300 valence electrons. The molecule has 9 heteroatoms. The molecule has 2 aromatic rings. The standard InChI is InChI=1S/C46H64N2O7/c1-8-22-48(44(51)32-17-18-32)41-29-39(47-55-45(5,6)7)37-27-33(14-10-12-23-49)36(15-11-13-24-50)42-38-28-35(53-34-19-16-30(3)31(4)26-34)20-21-40(38)54-46(41,43(37)42)52-25-9-2/h9,16,19-21,26-28,32-33,36,41-43,49-50H,2,8,10-15,17-18,22-25,29H2,1,3-7H3/t33-,36+,41-,42+,43+,46+/m0/s1. The number of ether oxygens (including phenoxy) is 3. The van der Waals surface area contributed by atoms with Crippen LogP contribution in [0.15, 0.2) is 65.9 Å². The van der Waals surface area contributed by atoms with Gasteiger partial charge in [-0.1, -0.05) is 43.1 Å². The number of benzene rings is 2. The number of rotatable bonds is 18. The van der Waals surface area contributed by atoms with E-state index < -0.39 is 17.4 Å². The number of hydrogen-bond donors (Lipinski definition) is 2. The van der Waals surface area contributed by atoms with Crippen LogP contribution < -0.4 is 9.47 Å². The van der Waals surface area contributed by atoms with Gasteiger partial charge in [-0.05, 0) is 138 Å². The first-order valence-corrected chi connectivity index (χ1v) is 20.8. The highest BCUT2D eigenvalue weighted by Gasteiger charge is 2.65. The lowest BCUT2D eigenvalue weighted by Gasteiger charge is -2.60. The summed E-state index contributed by atoms with van der Waals surface area (Å²) in [7, 11) is 0. The molecule has 0 radical (unpaired) electrons. The quantitative estimate of drug-likeness (QED) is 0.0887. The molecule has 2 fully saturated rings. The number of fused-ring (bicyclic) bond motifs is 2. The second kappa shape index (κ2) is 17.6. The monoisotopic (exact) mass is 756 g/mol. The Morgan fingerprint density at radius 2 is 1.73 bits per heavy atom. The van der Waals surface area contributed by atoms with Crippen LogP contribution in [0.2, 0.25) is 0 Å².